The van der Waals surface area contributed by atoms with E-state index in [-0.39, 0.29) is 17.9 Å². The van der Waals surface area contributed by atoms with Gasteiger partial charge in [0.15, 0.2) is 0 Å². The van der Waals surface area contributed by atoms with Crippen LogP contribution in [-0.2, 0) is 5.41 Å². The Kier molecular flexibility index (Phi) is 4.45. The molecule has 0 spiro atoms. The zero-order valence-electron chi connectivity index (χ0n) is 11.6. The number of rotatable bonds is 4. The van der Waals surface area contributed by atoms with Crippen LogP contribution < -0.4 is 5.32 Å². The van der Waals surface area contributed by atoms with Gasteiger partial charge in [0.2, 0.25) is 0 Å². The molecule has 1 heterocycles. The fourth-order valence-electron chi connectivity index (χ4n) is 1.54. The summed E-state index contributed by atoms with van der Waals surface area (Å²) in [4.78, 5) is 12.8. The van der Waals surface area contributed by atoms with Gasteiger partial charge in [-0.3, -0.25) is 4.79 Å². The van der Waals surface area contributed by atoms with Gasteiger partial charge < -0.3 is 10.4 Å². The highest BCUT2D eigenvalue weighted by Gasteiger charge is 2.29. The molecule has 1 aromatic rings. The number of aliphatic hydroxyl groups is 1. The minimum Gasteiger partial charge on any atom is -0.396 e. The predicted molar refractivity (Wildman–Crippen MR) is 71.9 cm³/mol. The summed E-state index contributed by atoms with van der Waals surface area (Å²) in [6.07, 6.45) is 0.510. The number of aliphatic hydroxyl groups excluding tert-OH is 1. The third kappa shape index (κ3) is 3.74. The molecule has 0 saturated heterocycles. The molecule has 0 radical (unpaired) electrons. The first kappa shape index (κ1) is 15.0. The van der Waals surface area contributed by atoms with Gasteiger partial charge in [-0.2, -0.15) is 0 Å². The predicted octanol–water partition coefficient (Wildman–Crippen LogP) is 1.73. The lowest BCUT2D eigenvalue weighted by Gasteiger charge is -2.25. The second-order valence-corrected chi connectivity index (χ2v) is 6.77. The average Bonchev–Trinajstić information content (AvgIpc) is 2.63. The van der Waals surface area contributed by atoms with Crippen LogP contribution in [0.4, 0.5) is 0 Å². The van der Waals surface area contributed by atoms with E-state index in [1.54, 1.807) is 0 Å². The van der Waals surface area contributed by atoms with E-state index < -0.39 is 5.54 Å². The first-order chi connectivity index (χ1) is 8.17. The van der Waals surface area contributed by atoms with Crippen molar-refractivity contribution in [2.24, 2.45) is 0 Å². The molecule has 1 rings (SSSR count). The molecule has 2 N–H and O–H groups in total. The van der Waals surface area contributed by atoms with Crippen molar-refractivity contribution in [3.05, 3.63) is 10.6 Å². The summed E-state index contributed by atoms with van der Waals surface area (Å²) in [6.45, 7) is 9.80. The minimum absolute atomic E-state index is 0.0420. The Bertz CT molecular complexity index is 421. The third-order valence-electron chi connectivity index (χ3n) is 2.59. The van der Waals surface area contributed by atoms with Gasteiger partial charge in [0.25, 0.3) is 5.91 Å². The Morgan fingerprint density at radius 2 is 1.94 bits per heavy atom. The Morgan fingerprint density at radius 3 is 2.44 bits per heavy atom. The molecule has 0 aromatic carbocycles. The number of hydrogen-bond donors (Lipinski definition) is 2. The number of aromatic nitrogens is 2. The second kappa shape index (κ2) is 5.32. The van der Waals surface area contributed by atoms with Crippen LogP contribution in [0.3, 0.4) is 0 Å². The molecular formula is C12H21N3O2S. The van der Waals surface area contributed by atoms with E-state index in [0.717, 1.165) is 11.5 Å². The van der Waals surface area contributed by atoms with Crippen LogP contribution in [0.1, 0.15) is 56.4 Å². The largest absolute Gasteiger partial charge is 0.396 e. The molecule has 0 fully saturated rings. The summed E-state index contributed by atoms with van der Waals surface area (Å²) in [5.41, 5.74) is 0.0657. The Morgan fingerprint density at radius 1 is 1.33 bits per heavy atom. The van der Waals surface area contributed by atoms with Crippen LogP contribution in [0.2, 0.25) is 0 Å². The van der Waals surface area contributed by atoms with E-state index in [9.17, 15) is 4.79 Å². The lowest BCUT2D eigenvalue weighted by Crippen LogP contribution is -2.44. The lowest BCUT2D eigenvalue weighted by molar-refractivity contribution is 0.0901. The molecular weight excluding hydrogens is 250 g/mol. The van der Waals surface area contributed by atoms with Crippen LogP contribution in [0.25, 0.3) is 0 Å². The van der Waals surface area contributed by atoms with Gasteiger partial charge in [0.05, 0.1) is 5.69 Å². The van der Waals surface area contributed by atoms with E-state index in [4.69, 9.17) is 5.11 Å². The highest BCUT2D eigenvalue weighted by molar-refractivity contribution is 7.08. The maximum absolute atomic E-state index is 12.2. The smallest absolute Gasteiger partial charge is 0.265 e. The molecule has 5 nitrogen and oxygen atoms in total. The monoisotopic (exact) mass is 271 g/mol. The number of nitrogens with one attached hydrogen (secondary N) is 1. The van der Waals surface area contributed by atoms with Crippen LogP contribution in [0, 0.1) is 0 Å². The van der Waals surface area contributed by atoms with Crippen molar-refractivity contribution in [2.75, 3.05) is 6.61 Å². The number of carbonyl (C=O) groups is 1. The van der Waals surface area contributed by atoms with Crippen LogP contribution in [0.5, 0.6) is 0 Å². The SMILES string of the molecule is CC(C)(CCO)NC(=O)c1snnc1C(C)(C)C. The van der Waals surface area contributed by atoms with Gasteiger partial charge in [-0.1, -0.05) is 25.3 Å². The van der Waals surface area contributed by atoms with Crippen molar-refractivity contribution >= 4 is 17.4 Å². The standard InChI is InChI=1S/C12H21N3O2S/c1-11(2,3)9-8(18-15-14-9)10(17)13-12(4,5)6-7-16/h16H,6-7H2,1-5H3,(H,13,17). The van der Waals surface area contributed by atoms with Gasteiger partial charge in [0.1, 0.15) is 4.88 Å². The van der Waals surface area contributed by atoms with Crippen molar-refractivity contribution in [3.8, 4) is 0 Å². The fourth-order valence-corrected chi connectivity index (χ4v) is 2.31. The molecule has 0 atom stereocenters. The van der Waals surface area contributed by atoms with Crippen LogP contribution >= 0.6 is 11.5 Å². The van der Waals surface area contributed by atoms with E-state index in [1.165, 1.54) is 0 Å². The molecule has 102 valence electrons. The highest BCUT2D eigenvalue weighted by atomic mass is 32.1. The van der Waals surface area contributed by atoms with Gasteiger partial charge in [0, 0.05) is 17.6 Å². The summed E-state index contributed by atoms with van der Waals surface area (Å²) in [5.74, 6) is -0.173. The zero-order chi connectivity index (χ0) is 14.0. The summed E-state index contributed by atoms with van der Waals surface area (Å²) in [7, 11) is 0. The lowest BCUT2D eigenvalue weighted by atomic mass is 9.91. The van der Waals surface area contributed by atoms with Gasteiger partial charge in [-0.05, 0) is 31.8 Å². The van der Waals surface area contributed by atoms with Gasteiger partial charge >= 0.3 is 0 Å². The maximum atomic E-state index is 12.2. The molecule has 0 aliphatic carbocycles. The molecule has 1 aromatic heterocycles. The van der Waals surface area contributed by atoms with E-state index >= 15 is 0 Å². The van der Waals surface area contributed by atoms with E-state index in [2.05, 4.69) is 14.9 Å². The first-order valence-corrected chi connectivity index (χ1v) is 6.71. The van der Waals surface area contributed by atoms with Crippen molar-refractivity contribution in [1.29, 1.82) is 0 Å². The second-order valence-electron chi connectivity index (χ2n) is 6.01. The quantitative estimate of drug-likeness (QED) is 0.874. The van der Waals surface area contributed by atoms with Crippen molar-refractivity contribution in [1.82, 2.24) is 14.9 Å². The van der Waals surface area contributed by atoms with Crippen molar-refractivity contribution in [2.45, 2.75) is 52.0 Å². The Hall–Kier alpha value is -1.01. The number of carbonyl (C=O) groups excluding carboxylic acids is 1. The molecule has 0 unspecified atom stereocenters. The number of amides is 1. The molecule has 0 saturated carbocycles. The van der Waals surface area contributed by atoms with Crippen LogP contribution in [0.15, 0.2) is 0 Å². The minimum atomic E-state index is -0.440. The topological polar surface area (TPSA) is 75.1 Å². The normalized spacial score (nSPS) is 12.6. The van der Waals surface area contributed by atoms with E-state index in [1.807, 2.05) is 34.6 Å². The van der Waals surface area contributed by atoms with Gasteiger partial charge in [-0.15, -0.1) is 5.10 Å². The summed E-state index contributed by atoms with van der Waals surface area (Å²) < 4.78 is 3.87. The van der Waals surface area contributed by atoms with Crippen molar-refractivity contribution < 1.29 is 9.90 Å². The fraction of sp³-hybridized carbons (Fsp3) is 0.750. The molecule has 18 heavy (non-hydrogen) atoms. The van der Waals surface area contributed by atoms with E-state index in [0.29, 0.717) is 17.0 Å². The molecule has 0 aliphatic rings. The van der Waals surface area contributed by atoms with Crippen molar-refractivity contribution in [3.63, 3.8) is 0 Å². The average molecular weight is 271 g/mol. The summed E-state index contributed by atoms with van der Waals surface area (Å²) in [5, 5.41) is 15.9. The number of nitrogens with zero attached hydrogens (tertiary/aromatic N) is 2. The Labute approximate surface area is 112 Å². The maximum Gasteiger partial charge on any atom is 0.265 e. The molecule has 0 bridgehead atoms. The highest BCUT2D eigenvalue weighted by Crippen LogP contribution is 2.26. The summed E-state index contributed by atoms with van der Waals surface area (Å²) >= 11 is 1.11. The third-order valence-corrected chi connectivity index (χ3v) is 3.32. The number of hydrogen-bond acceptors (Lipinski definition) is 5. The van der Waals surface area contributed by atoms with Crippen LogP contribution in [-0.4, -0.2) is 32.7 Å². The van der Waals surface area contributed by atoms with Gasteiger partial charge in [-0.25, -0.2) is 0 Å². The Balaban J connectivity index is 2.89. The molecule has 6 heteroatoms. The zero-order valence-corrected chi connectivity index (χ0v) is 12.4. The molecule has 0 aliphatic heterocycles. The first-order valence-electron chi connectivity index (χ1n) is 5.93. The summed E-state index contributed by atoms with van der Waals surface area (Å²) in [6, 6.07) is 0. The molecule has 1 amide bonds.